The van der Waals surface area contributed by atoms with E-state index in [9.17, 15) is 14.3 Å². The summed E-state index contributed by atoms with van der Waals surface area (Å²) in [6.07, 6.45) is 3.20. The fraction of sp³-hybridized carbons (Fsp3) is 0.500. The minimum Gasteiger partial charge on any atom is -0.480 e. The normalized spacial score (nSPS) is 16.2. The van der Waals surface area contributed by atoms with Crippen LogP contribution in [0.25, 0.3) is 0 Å². The number of halogens is 1. The van der Waals surface area contributed by atoms with Crippen LogP contribution in [0.4, 0.5) is 4.39 Å². The van der Waals surface area contributed by atoms with Gasteiger partial charge in [0.25, 0.3) is 0 Å². The van der Waals surface area contributed by atoms with Crippen LogP contribution in [0, 0.1) is 5.82 Å². The highest BCUT2D eigenvalue weighted by Gasteiger charge is 2.36. The molecule has 0 saturated heterocycles. The van der Waals surface area contributed by atoms with Crippen LogP contribution >= 0.6 is 0 Å². The summed E-state index contributed by atoms with van der Waals surface area (Å²) in [5.41, 5.74) is -1.02. The van der Waals surface area contributed by atoms with Crippen molar-refractivity contribution in [2.45, 2.75) is 38.8 Å². The summed E-state index contributed by atoms with van der Waals surface area (Å²) in [6, 6.07) is 1.20. The third-order valence-electron chi connectivity index (χ3n) is 2.86. The van der Waals surface area contributed by atoms with Gasteiger partial charge in [0.1, 0.15) is 11.4 Å². The summed E-state index contributed by atoms with van der Waals surface area (Å²) < 4.78 is 13.1. The van der Waals surface area contributed by atoms with Gasteiger partial charge in [-0.15, -0.1) is 0 Å². The summed E-state index contributed by atoms with van der Waals surface area (Å²) in [4.78, 5) is 15.1. The van der Waals surface area contributed by atoms with Crippen LogP contribution in [0.15, 0.2) is 18.5 Å². The molecule has 0 aliphatic rings. The topological polar surface area (TPSA) is 62.2 Å². The molecule has 0 fully saturated rings. The van der Waals surface area contributed by atoms with Gasteiger partial charge >= 0.3 is 5.97 Å². The third-order valence-corrected chi connectivity index (χ3v) is 2.86. The summed E-state index contributed by atoms with van der Waals surface area (Å²) in [7, 11) is 0. The summed E-state index contributed by atoms with van der Waals surface area (Å²) in [5, 5.41) is 12.3. The Morgan fingerprint density at radius 1 is 1.65 bits per heavy atom. The molecular weight excluding hydrogens is 223 g/mol. The number of carboxylic acid groups (broad SMARTS) is 1. The molecule has 2 atom stereocenters. The molecule has 4 nitrogen and oxygen atoms in total. The Bertz CT molecular complexity index is 411. The smallest absolute Gasteiger partial charge is 0.328 e. The number of aromatic nitrogens is 1. The molecule has 0 bridgehead atoms. The van der Waals surface area contributed by atoms with Gasteiger partial charge in [0.2, 0.25) is 0 Å². The average molecular weight is 240 g/mol. The quantitative estimate of drug-likeness (QED) is 0.825. The van der Waals surface area contributed by atoms with E-state index in [-0.39, 0.29) is 6.04 Å². The molecule has 0 aromatic carbocycles. The molecule has 1 aromatic heterocycles. The van der Waals surface area contributed by atoms with Crippen LogP contribution in [0.1, 0.15) is 32.8 Å². The second kappa shape index (κ2) is 5.23. The lowest BCUT2D eigenvalue weighted by atomic mass is 9.92. The Labute approximate surface area is 99.9 Å². The van der Waals surface area contributed by atoms with Crippen LogP contribution in [-0.4, -0.2) is 22.1 Å². The number of pyridine rings is 1. The molecule has 0 saturated carbocycles. The number of hydrogen-bond donors (Lipinski definition) is 2. The van der Waals surface area contributed by atoms with Crippen molar-refractivity contribution in [2.75, 3.05) is 0 Å². The van der Waals surface area contributed by atoms with E-state index >= 15 is 0 Å². The summed E-state index contributed by atoms with van der Waals surface area (Å²) in [5.74, 6) is -1.59. The standard InChI is InChI=1S/C12H17FN2O2/c1-4-8(2)15-12(3,11(16)17)9-5-10(13)7-14-6-9/h5-8,15H,4H2,1-3H3,(H,16,17). The highest BCUT2D eigenvalue weighted by Crippen LogP contribution is 2.22. The van der Waals surface area contributed by atoms with E-state index in [1.54, 1.807) is 0 Å². The fourth-order valence-corrected chi connectivity index (χ4v) is 1.55. The predicted molar refractivity (Wildman–Crippen MR) is 62.1 cm³/mol. The van der Waals surface area contributed by atoms with Gasteiger partial charge in [-0.1, -0.05) is 6.92 Å². The number of nitrogens with one attached hydrogen (secondary N) is 1. The van der Waals surface area contributed by atoms with E-state index in [1.165, 1.54) is 19.2 Å². The van der Waals surface area contributed by atoms with Gasteiger partial charge in [-0.3, -0.25) is 10.3 Å². The molecule has 1 heterocycles. The first kappa shape index (κ1) is 13.6. The highest BCUT2D eigenvalue weighted by molar-refractivity contribution is 5.80. The molecule has 2 N–H and O–H groups in total. The third kappa shape index (κ3) is 3.00. The van der Waals surface area contributed by atoms with Crippen LogP contribution in [0.5, 0.6) is 0 Å². The average Bonchev–Trinajstić information content (AvgIpc) is 2.28. The Balaban J connectivity index is 3.11. The Morgan fingerprint density at radius 2 is 2.29 bits per heavy atom. The van der Waals surface area contributed by atoms with Gasteiger partial charge in [-0.05, 0) is 26.3 Å². The Kier molecular flexibility index (Phi) is 4.17. The second-order valence-corrected chi connectivity index (χ2v) is 4.28. The first-order chi connectivity index (χ1) is 7.90. The van der Waals surface area contributed by atoms with E-state index in [2.05, 4.69) is 10.3 Å². The zero-order valence-corrected chi connectivity index (χ0v) is 10.2. The van der Waals surface area contributed by atoms with Crippen molar-refractivity contribution in [1.29, 1.82) is 0 Å². The van der Waals surface area contributed by atoms with E-state index in [4.69, 9.17) is 0 Å². The van der Waals surface area contributed by atoms with Crippen molar-refractivity contribution in [1.82, 2.24) is 10.3 Å². The lowest BCUT2D eigenvalue weighted by Gasteiger charge is -2.29. The van der Waals surface area contributed by atoms with Gasteiger partial charge < -0.3 is 5.11 Å². The molecule has 2 unspecified atom stereocenters. The lowest BCUT2D eigenvalue weighted by molar-refractivity contribution is -0.145. The SMILES string of the molecule is CCC(C)NC(C)(C(=O)O)c1cncc(F)c1. The molecule has 0 radical (unpaired) electrons. The maximum atomic E-state index is 13.1. The molecule has 94 valence electrons. The first-order valence-corrected chi connectivity index (χ1v) is 5.52. The Hall–Kier alpha value is -1.49. The van der Waals surface area contributed by atoms with Crippen molar-refractivity contribution in [3.8, 4) is 0 Å². The van der Waals surface area contributed by atoms with Crippen LogP contribution in [-0.2, 0) is 10.3 Å². The molecule has 0 amide bonds. The van der Waals surface area contributed by atoms with Gasteiger partial charge in [-0.2, -0.15) is 0 Å². The van der Waals surface area contributed by atoms with Gasteiger partial charge in [0.15, 0.2) is 0 Å². The predicted octanol–water partition coefficient (Wildman–Crippen LogP) is 1.91. The summed E-state index contributed by atoms with van der Waals surface area (Å²) in [6.45, 7) is 5.34. The maximum absolute atomic E-state index is 13.1. The van der Waals surface area contributed by atoms with Crippen molar-refractivity contribution in [2.24, 2.45) is 0 Å². The van der Waals surface area contributed by atoms with E-state index in [0.29, 0.717) is 5.56 Å². The second-order valence-electron chi connectivity index (χ2n) is 4.28. The maximum Gasteiger partial charge on any atom is 0.328 e. The molecule has 0 spiro atoms. The molecule has 1 rings (SSSR count). The first-order valence-electron chi connectivity index (χ1n) is 5.52. The lowest BCUT2D eigenvalue weighted by Crippen LogP contribution is -2.50. The fourth-order valence-electron chi connectivity index (χ4n) is 1.55. The number of carbonyl (C=O) groups is 1. The number of hydrogen-bond acceptors (Lipinski definition) is 3. The molecule has 0 aliphatic carbocycles. The largest absolute Gasteiger partial charge is 0.480 e. The van der Waals surface area contributed by atoms with Gasteiger partial charge in [-0.25, -0.2) is 9.18 Å². The Morgan fingerprint density at radius 3 is 2.76 bits per heavy atom. The zero-order chi connectivity index (χ0) is 13.1. The minimum atomic E-state index is -1.33. The van der Waals surface area contributed by atoms with Gasteiger partial charge in [0.05, 0.1) is 6.20 Å². The zero-order valence-electron chi connectivity index (χ0n) is 10.2. The molecule has 1 aromatic rings. The molecule has 17 heavy (non-hydrogen) atoms. The van der Waals surface area contributed by atoms with E-state index in [0.717, 1.165) is 12.6 Å². The molecule has 0 aliphatic heterocycles. The highest BCUT2D eigenvalue weighted by atomic mass is 19.1. The molecular formula is C12H17FN2O2. The van der Waals surface area contributed by atoms with Crippen molar-refractivity contribution >= 4 is 5.97 Å². The summed E-state index contributed by atoms with van der Waals surface area (Å²) >= 11 is 0. The molecule has 5 heteroatoms. The van der Waals surface area contributed by atoms with Crippen molar-refractivity contribution in [3.05, 3.63) is 29.8 Å². The van der Waals surface area contributed by atoms with Crippen molar-refractivity contribution < 1.29 is 14.3 Å². The monoisotopic (exact) mass is 240 g/mol. The van der Waals surface area contributed by atoms with Gasteiger partial charge in [0, 0.05) is 17.8 Å². The number of aliphatic carboxylic acids is 1. The van der Waals surface area contributed by atoms with Crippen LogP contribution in [0.2, 0.25) is 0 Å². The van der Waals surface area contributed by atoms with E-state index < -0.39 is 17.3 Å². The number of carboxylic acids is 1. The number of rotatable bonds is 5. The van der Waals surface area contributed by atoms with Crippen LogP contribution in [0.3, 0.4) is 0 Å². The minimum absolute atomic E-state index is 0.0133. The number of nitrogens with zero attached hydrogens (tertiary/aromatic N) is 1. The van der Waals surface area contributed by atoms with Crippen LogP contribution < -0.4 is 5.32 Å². The van der Waals surface area contributed by atoms with E-state index in [1.807, 2.05) is 13.8 Å². The van der Waals surface area contributed by atoms with Crippen molar-refractivity contribution in [3.63, 3.8) is 0 Å².